The van der Waals surface area contributed by atoms with E-state index in [1.54, 1.807) is 29.2 Å². The van der Waals surface area contributed by atoms with Crippen LogP contribution in [0.5, 0.6) is 0 Å². The number of carbonyl (C=O) groups excluding carboxylic acids is 4. The summed E-state index contributed by atoms with van der Waals surface area (Å²) in [6, 6.07) is 27.1. The molecular formula is C33H29N3O4. The van der Waals surface area contributed by atoms with E-state index in [9.17, 15) is 19.2 Å². The molecule has 0 aliphatic carbocycles. The van der Waals surface area contributed by atoms with Gasteiger partial charge < -0.3 is 9.80 Å². The monoisotopic (exact) mass is 531 g/mol. The molecule has 0 saturated heterocycles. The number of rotatable bonds is 5. The highest BCUT2D eigenvalue weighted by Gasteiger charge is 2.40. The zero-order valence-corrected chi connectivity index (χ0v) is 22.4. The van der Waals surface area contributed by atoms with E-state index in [1.165, 1.54) is 0 Å². The highest BCUT2D eigenvalue weighted by Crippen LogP contribution is 2.42. The molecule has 0 N–H and O–H groups in total. The fourth-order valence-corrected chi connectivity index (χ4v) is 6.10. The van der Waals surface area contributed by atoms with Crippen LogP contribution in [0.25, 0.3) is 10.8 Å². The lowest BCUT2D eigenvalue weighted by molar-refractivity contribution is -0.119. The van der Waals surface area contributed by atoms with E-state index in [1.807, 2.05) is 85.5 Å². The van der Waals surface area contributed by atoms with Crippen LogP contribution in [-0.4, -0.2) is 41.1 Å². The molecule has 4 aromatic rings. The van der Waals surface area contributed by atoms with Gasteiger partial charge in [0, 0.05) is 40.4 Å². The molecule has 2 aliphatic rings. The summed E-state index contributed by atoms with van der Waals surface area (Å²) in [6.07, 6.45) is 0.880. The molecule has 7 heteroatoms. The van der Waals surface area contributed by atoms with Gasteiger partial charge in [-0.1, -0.05) is 67.6 Å². The molecule has 0 spiro atoms. The largest absolute Gasteiger partial charge is 0.309 e. The van der Waals surface area contributed by atoms with Crippen molar-refractivity contribution in [3.05, 3.63) is 108 Å². The third kappa shape index (κ3) is 4.06. The van der Waals surface area contributed by atoms with Crippen molar-refractivity contribution in [3.63, 3.8) is 0 Å². The fourth-order valence-electron chi connectivity index (χ4n) is 6.10. The lowest BCUT2D eigenvalue weighted by Crippen LogP contribution is -2.51. The fraction of sp³-hybridized carbons (Fsp3) is 0.212. The van der Waals surface area contributed by atoms with Gasteiger partial charge in [-0.05, 0) is 54.6 Å². The van der Waals surface area contributed by atoms with Gasteiger partial charge in [-0.3, -0.25) is 24.1 Å². The molecule has 2 heterocycles. The highest BCUT2D eigenvalue weighted by molar-refractivity contribution is 6.26. The van der Waals surface area contributed by atoms with Crippen molar-refractivity contribution >= 4 is 45.8 Å². The SMILES string of the molecule is CCC(=O)N1c2ccccc2C(N(C(=O)CN2C(=O)c3cccc4cccc(c34)C2=O)c2ccccc2)CC1C. The predicted molar refractivity (Wildman–Crippen MR) is 154 cm³/mol. The molecule has 4 amide bonds. The summed E-state index contributed by atoms with van der Waals surface area (Å²) in [5.41, 5.74) is 3.12. The first-order chi connectivity index (χ1) is 19.4. The molecule has 0 aromatic heterocycles. The Bertz CT molecular complexity index is 1610. The Morgan fingerprint density at radius 3 is 2.10 bits per heavy atom. The van der Waals surface area contributed by atoms with Gasteiger partial charge in [0.2, 0.25) is 11.8 Å². The molecule has 2 unspecified atom stereocenters. The summed E-state index contributed by atoms with van der Waals surface area (Å²) in [5.74, 6) is -1.31. The van der Waals surface area contributed by atoms with Crippen molar-refractivity contribution in [2.45, 2.75) is 38.8 Å². The van der Waals surface area contributed by atoms with Crippen LogP contribution in [-0.2, 0) is 9.59 Å². The summed E-state index contributed by atoms with van der Waals surface area (Å²) in [4.78, 5) is 58.8. The minimum atomic E-state index is -0.479. The van der Waals surface area contributed by atoms with Crippen LogP contribution in [0.15, 0.2) is 91.0 Å². The van der Waals surface area contributed by atoms with E-state index in [2.05, 4.69) is 0 Å². The third-order valence-corrected chi connectivity index (χ3v) is 7.90. The van der Waals surface area contributed by atoms with Gasteiger partial charge in [0.05, 0.1) is 6.04 Å². The molecule has 7 nitrogen and oxygen atoms in total. The zero-order valence-electron chi connectivity index (χ0n) is 22.4. The van der Waals surface area contributed by atoms with E-state index in [0.717, 1.165) is 21.5 Å². The van der Waals surface area contributed by atoms with Gasteiger partial charge >= 0.3 is 0 Å². The maximum atomic E-state index is 14.2. The second kappa shape index (κ2) is 10.1. The second-order valence-corrected chi connectivity index (χ2v) is 10.3. The standard InChI is InChI=1S/C33H29N3O4/c1-3-29(37)35-21(2)19-28(24-15-7-8-18-27(24)35)36(23-13-5-4-6-14-23)30(38)20-34-32(39)25-16-9-11-22-12-10-17-26(31(22)25)33(34)40/h4-18,21,28H,3,19-20H2,1-2H3. The first-order valence-electron chi connectivity index (χ1n) is 13.6. The van der Waals surface area contributed by atoms with E-state index < -0.39 is 24.4 Å². The van der Waals surface area contributed by atoms with Crippen molar-refractivity contribution in [1.82, 2.24) is 4.90 Å². The van der Waals surface area contributed by atoms with Crippen LogP contribution in [0.2, 0.25) is 0 Å². The molecule has 200 valence electrons. The summed E-state index contributed by atoms with van der Waals surface area (Å²) in [6.45, 7) is 3.43. The minimum absolute atomic E-state index is 0.0216. The van der Waals surface area contributed by atoms with Gasteiger partial charge in [-0.25, -0.2) is 0 Å². The summed E-state index contributed by atoms with van der Waals surface area (Å²) in [5, 5.41) is 1.44. The van der Waals surface area contributed by atoms with Gasteiger partial charge in [-0.2, -0.15) is 0 Å². The Morgan fingerprint density at radius 2 is 1.45 bits per heavy atom. The molecule has 4 aromatic carbocycles. The van der Waals surface area contributed by atoms with Gasteiger partial charge in [-0.15, -0.1) is 0 Å². The molecule has 0 fully saturated rings. The lowest BCUT2D eigenvalue weighted by atomic mass is 9.89. The number of fused-ring (bicyclic) bond motifs is 1. The number of hydrogen-bond acceptors (Lipinski definition) is 4. The average Bonchev–Trinajstić information content (AvgIpc) is 2.98. The van der Waals surface area contributed by atoms with E-state index in [4.69, 9.17) is 0 Å². The molecule has 40 heavy (non-hydrogen) atoms. The zero-order chi connectivity index (χ0) is 28.0. The minimum Gasteiger partial charge on any atom is -0.309 e. The summed E-state index contributed by atoms with van der Waals surface area (Å²) >= 11 is 0. The Morgan fingerprint density at radius 1 is 0.825 bits per heavy atom. The normalized spacial score (nSPS) is 18.1. The molecule has 6 rings (SSSR count). The van der Waals surface area contributed by atoms with Crippen LogP contribution in [0, 0.1) is 0 Å². The average molecular weight is 532 g/mol. The first kappa shape index (κ1) is 25.5. The van der Waals surface area contributed by atoms with Crippen LogP contribution in [0.4, 0.5) is 11.4 Å². The van der Waals surface area contributed by atoms with Crippen LogP contribution < -0.4 is 9.80 Å². The molecular weight excluding hydrogens is 502 g/mol. The Labute approximate surface area is 232 Å². The van der Waals surface area contributed by atoms with Crippen molar-refractivity contribution < 1.29 is 19.2 Å². The van der Waals surface area contributed by atoms with Crippen LogP contribution in [0.3, 0.4) is 0 Å². The number of anilines is 2. The topological polar surface area (TPSA) is 78.0 Å². The number of hydrogen-bond donors (Lipinski definition) is 0. The number of benzene rings is 4. The lowest BCUT2D eigenvalue weighted by Gasteiger charge is -2.44. The quantitative estimate of drug-likeness (QED) is 0.308. The highest BCUT2D eigenvalue weighted by atomic mass is 16.2. The Balaban J connectivity index is 1.40. The van der Waals surface area contributed by atoms with E-state index >= 15 is 0 Å². The first-order valence-corrected chi connectivity index (χ1v) is 13.6. The maximum Gasteiger partial charge on any atom is 0.261 e. The van der Waals surface area contributed by atoms with Crippen LogP contribution in [0.1, 0.15) is 59.0 Å². The van der Waals surface area contributed by atoms with Crippen molar-refractivity contribution in [1.29, 1.82) is 0 Å². The molecule has 0 radical (unpaired) electrons. The summed E-state index contributed by atoms with van der Waals surface area (Å²) < 4.78 is 0. The van der Waals surface area contributed by atoms with Crippen molar-refractivity contribution in [2.24, 2.45) is 0 Å². The Kier molecular flexibility index (Phi) is 6.42. The second-order valence-electron chi connectivity index (χ2n) is 10.3. The number of imide groups is 1. The van der Waals surface area contributed by atoms with E-state index in [-0.39, 0.29) is 17.9 Å². The molecule has 0 saturated carbocycles. The van der Waals surface area contributed by atoms with Gasteiger partial charge in [0.1, 0.15) is 6.54 Å². The smallest absolute Gasteiger partial charge is 0.261 e. The molecule has 2 atom stereocenters. The molecule has 2 aliphatic heterocycles. The number of carbonyl (C=O) groups is 4. The number of nitrogens with zero attached hydrogens (tertiary/aromatic N) is 3. The molecule has 0 bridgehead atoms. The Hall–Kier alpha value is -4.78. The van der Waals surface area contributed by atoms with Gasteiger partial charge in [0.25, 0.3) is 11.8 Å². The van der Waals surface area contributed by atoms with Crippen molar-refractivity contribution in [3.8, 4) is 0 Å². The summed E-state index contributed by atoms with van der Waals surface area (Å²) in [7, 11) is 0. The van der Waals surface area contributed by atoms with Crippen molar-refractivity contribution in [2.75, 3.05) is 16.3 Å². The van der Waals surface area contributed by atoms with Crippen LogP contribution >= 0.6 is 0 Å². The third-order valence-electron chi connectivity index (χ3n) is 7.90. The maximum absolute atomic E-state index is 14.2. The number of amides is 4. The van der Waals surface area contributed by atoms with Gasteiger partial charge in [0.15, 0.2) is 0 Å². The number of para-hydroxylation sites is 2. The van der Waals surface area contributed by atoms with E-state index in [0.29, 0.717) is 35.0 Å². The predicted octanol–water partition coefficient (Wildman–Crippen LogP) is 5.75.